The van der Waals surface area contributed by atoms with E-state index in [0.717, 1.165) is 25.7 Å². The molecule has 17 heavy (non-hydrogen) atoms. The van der Waals surface area contributed by atoms with Crippen LogP contribution < -0.4 is 11.2 Å². The smallest absolute Gasteiger partial charge is 0.277 e. The molecule has 1 aliphatic carbocycles. The van der Waals surface area contributed by atoms with E-state index in [9.17, 15) is 9.18 Å². The lowest BCUT2D eigenvalue weighted by Gasteiger charge is -2.12. The molecule has 0 atom stereocenters. The number of hydrogen-bond donors (Lipinski definition) is 2. The van der Waals surface area contributed by atoms with Crippen LogP contribution in [0.1, 0.15) is 36.0 Å². The average molecular weight is 238 g/mol. The zero-order valence-electron chi connectivity index (χ0n) is 9.41. The highest BCUT2D eigenvalue weighted by molar-refractivity contribution is 5.98. The van der Waals surface area contributed by atoms with Gasteiger partial charge in [-0.2, -0.15) is 0 Å². The highest BCUT2D eigenvalue weighted by Crippen LogP contribution is 2.20. The van der Waals surface area contributed by atoms with Crippen LogP contribution in [0, 0.1) is 5.82 Å². The minimum absolute atomic E-state index is 0.0636. The van der Waals surface area contributed by atoms with Gasteiger partial charge in [-0.25, -0.2) is 9.87 Å². The van der Waals surface area contributed by atoms with Crippen molar-refractivity contribution in [2.24, 2.45) is 0 Å². The van der Waals surface area contributed by atoms with Gasteiger partial charge in [0.2, 0.25) is 0 Å². The molecule has 92 valence electrons. The van der Waals surface area contributed by atoms with Gasteiger partial charge in [-0.05, 0) is 25.0 Å². The normalized spacial score (nSPS) is 16.1. The Hall–Kier alpha value is -1.62. The Balaban J connectivity index is 1.97. The number of anilines is 1. The Morgan fingerprint density at radius 2 is 2.12 bits per heavy atom. The predicted octanol–water partition coefficient (Wildman–Crippen LogP) is 2.01. The molecule has 0 aromatic heterocycles. The predicted molar refractivity (Wildman–Crippen MR) is 61.6 cm³/mol. The zero-order valence-corrected chi connectivity index (χ0v) is 9.41. The highest BCUT2D eigenvalue weighted by Gasteiger charge is 2.18. The molecule has 1 saturated carbocycles. The molecule has 2 rings (SSSR count). The number of hydroxylamine groups is 1. The molecule has 0 radical (unpaired) electrons. The minimum atomic E-state index is -0.599. The molecule has 0 unspecified atom stereocenters. The number of nitrogen functional groups attached to an aromatic ring is 1. The summed E-state index contributed by atoms with van der Waals surface area (Å²) in [5.41, 5.74) is 7.75. The Kier molecular flexibility index (Phi) is 3.58. The van der Waals surface area contributed by atoms with Crippen molar-refractivity contribution in [1.29, 1.82) is 0 Å². The summed E-state index contributed by atoms with van der Waals surface area (Å²) in [6.45, 7) is 0. The maximum atomic E-state index is 13.1. The number of rotatable bonds is 3. The van der Waals surface area contributed by atoms with Crippen molar-refractivity contribution in [3.63, 3.8) is 0 Å². The first-order valence-corrected chi connectivity index (χ1v) is 5.68. The lowest BCUT2D eigenvalue weighted by atomic mass is 10.1. The number of nitrogens with one attached hydrogen (secondary N) is 1. The minimum Gasteiger partial charge on any atom is -0.396 e. The van der Waals surface area contributed by atoms with Crippen molar-refractivity contribution in [1.82, 2.24) is 5.48 Å². The molecule has 1 aromatic rings. The van der Waals surface area contributed by atoms with E-state index in [1.54, 1.807) is 0 Å². The number of benzene rings is 1. The van der Waals surface area contributed by atoms with Crippen molar-refractivity contribution in [2.45, 2.75) is 31.8 Å². The van der Waals surface area contributed by atoms with E-state index in [2.05, 4.69) is 5.48 Å². The number of amides is 1. The van der Waals surface area contributed by atoms with E-state index in [0.29, 0.717) is 0 Å². The van der Waals surface area contributed by atoms with Crippen LogP contribution in [-0.2, 0) is 4.84 Å². The molecule has 0 saturated heterocycles. The van der Waals surface area contributed by atoms with Crippen molar-refractivity contribution in [3.05, 3.63) is 29.6 Å². The van der Waals surface area contributed by atoms with Crippen molar-refractivity contribution >= 4 is 11.6 Å². The van der Waals surface area contributed by atoms with Gasteiger partial charge in [0.25, 0.3) is 5.91 Å². The van der Waals surface area contributed by atoms with Crippen molar-refractivity contribution < 1.29 is 14.0 Å². The molecule has 1 amide bonds. The van der Waals surface area contributed by atoms with Gasteiger partial charge in [-0.1, -0.05) is 18.9 Å². The number of carbonyl (C=O) groups excluding carboxylic acids is 1. The van der Waals surface area contributed by atoms with Crippen LogP contribution in [0.5, 0.6) is 0 Å². The van der Waals surface area contributed by atoms with E-state index in [1.807, 2.05) is 0 Å². The fourth-order valence-electron chi connectivity index (χ4n) is 1.93. The number of halogens is 1. The standard InChI is InChI=1S/C12H15FN2O2/c13-10-7-3-6-9(11(10)14)12(16)15-17-8-4-1-2-5-8/h3,6-8H,1-2,4-5,14H2,(H,15,16). The zero-order chi connectivity index (χ0) is 12.3. The molecule has 0 bridgehead atoms. The molecule has 0 aliphatic heterocycles. The molecule has 1 aromatic carbocycles. The van der Waals surface area contributed by atoms with Crippen LogP contribution in [0.2, 0.25) is 0 Å². The van der Waals surface area contributed by atoms with Gasteiger partial charge >= 0.3 is 0 Å². The van der Waals surface area contributed by atoms with E-state index in [1.165, 1.54) is 18.2 Å². The van der Waals surface area contributed by atoms with Crippen LogP contribution in [-0.4, -0.2) is 12.0 Å². The van der Waals surface area contributed by atoms with Crippen LogP contribution in [0.3, 0.4) is 0 Å². The molecule has 4 nitrogen and oxygen atoms in total. The Morgan fingerprint density at radius 1 is 1.41 bits per heavy atom. The fraction of sp³-hybridized carbons (Fsp3) is 0.417. The third kappa shape index (κ3) is 2.74. The summed E-state index contributed by atoms with van der Waals surface area (Å²) >= 11 is 0. The summed E-state index contributed by atoms with van der Waals surface area (Å²) in [4.78, 5) is 16.9. The third-order valence-corrected chi connectivity index (χ3v) is 2.92. The second-order valence-corrected chi connectivity index (χ2v) is 4.16. The van der Waals surface area contributed by atoms with Gasteiger partial charge in [0, 0.05) is 0 Å². The SMILES string of the molecule is Nc1c(F)cccc1C(=O)NOC1CCCC1. The topological polar surface area (TPSA) is 64.4 Å². The number of para-hydroxylation sites is 1. The van der Waals surface area contributed by atoms with E-state index in [4.69, 9.17) is 10.6 Å². The van der Waals surface area contributed by atoms with Gasteiger partial charge in [-0.15, -0.1) is 0 Å². The monoisotopic (exact) mass is 238 g/mol. The third-order valence-electron chi connectivity index (χ3n) is 2.92. The van der Waals surface area contributed by atoms with Gasteiger partial charge in [0.05, 0.1) is 17.4 Å². The van der Waals surface area contributed by atoms with Crippen molar-refractivity contribution in [3.8, 4) is 0 Å². The van der Waals surface area contributed by atoms with E-state index in [-0.39, 0.29) is 17.4 Å². The first kappa shape index (κ1) is 11.9. The van der Waals surface area contributed by atoms with Gasteiger partial charge < -0.3 is 5.73 Å². The summed E-state index contributed by atoms with van der Waals surface area (Å²) < 4.78 is 13.1. The molecule has 1 aliphatic rings. The lowest BCUT2D eigenvalue weighted by molar-refractivity contribution is -0.0124. The second-order valence-electron chi connectivity index (χ2n) is 4.16. The Bertz CT molecular complexity index is 417. The van der Waals surface area contributed by atoms with Gasteiger partial charge in [0.1, 0.15) is 5.82 Å². The molecule has 3 N–H and O–H groups in total. The van der Waals surface area contributed by atoms with E-state index < -0.39 is 11.7 Å². The lowest BCUT2D eigenvalue weighted by Crippen LogP contribution is -2.29. The highest BCUT2D eigenvalue weighted by atomic mass is 19.1. The summed E-state index contributed by atoms with van der Waals surface area (Å²) in [5, 5.41) is 0. The quantitative estimate of drug-likeness (QED) is 0.625. The molecule has 0 spiro atoms. The Morgan fingerprint density at radius 3 is 2.82 bits per heavy atom. The largest absolute Gasteiger partial charge is 0.396 e. The fourth-order valence-corrected chi connectivity index (χ4v) is 1.93. The first-order valence-electron chi connectivity index (χ1n) is 5.68. The molecule has 1 fully saturated rings. The van der Waals surface area contributed by atoms with Gasteiger partial charge in [-0.3, -0.25) is 9.63 Å². The van der Waals surface area contributed by atoms with Crippen LogP contribution >= 0.6 is 0 Å². The van der Waals surface area contributed by atoms with Crippen LogP contribution in [0.15, 0.2) is 18.2 Å². The maximum absolute atomic E-state index is 13.1. The molecule has 5 heteroatoms. The van der Waals surface area contributed by atoms with Gasteiger partial charge in [0.15, 0.2) is 0 Å². The molecular formula is C12H15FN2O2. The average Bonchev–Trinajstić information content (AvgIpc) is 2.82. The maximum Gasteiger partial charge on any atom is 0.277 e. The number of carbonyl (C=O) groups is 1. The summed E-state index contributed by atoms with van der Waals surface area (Å²) in [7, 11) is 0. The Labute approximate surface area is 98.9 Å². The van der Waals surface area contributed by atoms with Crippen molar-refractivity contribution in [2.75, 3.05) is 5.73 Å². The van der Waals surface area contributed by atoms with E-state index >= 15 is 0 Å². The second kappa shape index (κ2) is 5.14. The molecule has 0 heterocycles. The summed E-state index contributed by atoms with van der Waals surface area (Å²) in [6.07, 6.45) is 4.18. The molecular weight excluding hydrogens is 223 g/mol. The summed E-state index contributed by atoms with van der Waals surface area (Å²) in [6, 6.07) is 4.12. The first-order chi connectivity index (χ1) is 8.18. The van der Waals surface area contributed by atoms with Crippen LogP contribution in [0.25, 0.3) is 0 Å². The number of nitrogens with two attached hydrogens (primary N) is 1. The van der Waals surface area contributed by atoms with Crippen LogP contribution in [0.4, 0.5) is 10.1 Å². The number of hydrogen-bond acceptors (Lipinski definition) is 3. The summed E-state index contributed by atoms with van der Waals surface area (Å²) in [5.74, 6) is -1.10.